The van der Waals surface area contributed by atoms with Crippen molar-refractivity contribution >= 4 is 5.91 Å². The number of oxazole rings is 1. The van der Waals surface area contributed by atoms with Crippen LogP contribution in [-0.4, -0.2) is 17.5 Å². The molecule has 0 atom stereocenters. The van der Waals surface area contributed by atoms with E-state index in [1.807, 2.05) is 61.5 Å². The summed E-state index contributed by atoms with van der Waals surface area (Å²) < 4.78 is 11.5. The van der Waals surface area contributed by atoms with Crippen LogP contribution in [0.2, 0.25) is 0 Å². The molecule has 1 aromatic heterocycles. The zero-order valence-electron chi connectivity index (χ0n) is 15.3. The number of aromatic nitrogens is 1. The largest absolute Gasteiger partial charge is 0.494 e. The molecular weight excluding hydrogens is 340 g/mol. The minimum absolute atomic E-state index is 0.204. The van der Waals surface area contributed by atoms with Gasteiger partial charge in [0.25, 0.3) is 5.91 Å². The Morgan fingerprint density at radius 3 is 2.74 bits per heavy atom. The smallest absolute Gasteiger partial charge is 0.273 e. The quantitative estimate of drug-likeness (QED) is 0.670. The Kier molecular flexibility index (Phi) is 4.92. The van der Waals surface area contributed by atoms with Crippen LogP contribution in [-0.2, 0) is 6.54 Å². The lowest BCUT2D eigenvalue weighted by atomic mass is 10.2. The van der Waals surface area contributed by atoms with Gasteiger partial charge in [-0.1, -0.05) is 30.3 Å². The zero-order valence-corrected chi connectivity index (χ0v) is 15.3. The SMILES string of the molecule is CCOc1cccc(CNC(=O)c2nc(-c3ccccc3)oc2C2CC2)c1. The summed E-state index contributed by atoms with van der Waals surface area (Å²) in [6.07, 6.45) is 2.08. The van der Waals surface area contributed by atoms with Crippen LogP contribution in [0.5, 0.6) is 5.75 Å². The summed E-state index contributed by atoms with van der Waals surface area (Å²) in [5, 5.41) is 2.96. The fourth-order valence-corrected chi connectivity index (χ4v) is 3.00. The summed E-state index contributed by atoms with van der Waals surface area (Å²) in [6, 6.07) is 17.4. The van der Waals surface area contributed by atoms with E-state index in [2.05, 4.69) is 10.3 Å². The van der Waals surface area contributed by atoms with Crippen molar-refractivity contribution in [3.8, 4) is 17.2 Å². The third kappa shape index (κ3) is 4.03. The fourth-order valence-electron chi connectivity index (χ4n) is 3.00. The van der Waals surface area contributed by atoms with E-state index < -0.39 is 0 Å². The molecule has 1 heterocycles. The summed E-state index contributed by atoms with van der Waals surface area (Å²) in [5.41, 5.74) is 2.26. The maximum atomic E-state index is 12.8. The first-order valence-corrected chi connectivity index (χ1v) is 9.30. The zero-order chi connectivity index (χ0) is 18.6. The number of hydrogen-bond donors (Lipinski definition) is 1. The van der Waals surface area contributed by atoms with Crippen molar-refractivity contribution in [3.63, 3.8) is 0 Å². The summed E-state index contributed by atoms with van der Waals surface area (Å²) in [5.74, 6) is 2.10. The second-order valence-corrected chi connectivity index (χ2v) is 6.64. The lowest BCUT2D eigenvalue weighted by Crippen LogP contribution is -2.24. The average molecular weight is 362 g/mol. The third-order valence-electron chi connectivity index (χ3n) is 4.50. The molecule has 1 amide bonds. The number of rotatable bonds is 7. The van der Waals surface area contributed by atoms with Crippen molar-refractivity contribution in [3.05, 3.63) is 71.6 Å². The van der Waals surface area contributed by atoms with Crippen molar-refractivity contribution in [2.24, 2.45) is 0 Å². The Morgan fingerprint density at radius 2 is 2.00 bits per heavy atom. The van der Waals surface area contributed by atoms with Gasteiger partial charge in [0, 0.05) is 18.0 Å². The maximum absolute atomic E-state index is 12.8. The molecule has 27 heavy (non-hydrogen) atoms. The van der Waals surface area contributed by atoms with Gasteiger partial charge in [-0.25, -0.2) is 4.98 Å². The first-order chi connectivity index (χ1) is 13.2. The predicted octanol–water partition coefficient (Wildman–Crippen LogP) is 4.55. The molecule has 0 radical (unpaired) electrons. The van der Waals surface area contributed by atoms with Gasteiger partial charge < -0.3 is 14.5 Å². The number of nitrogens with zero attached hydrogens (tertiary/aromatic N) is 1. The molecule has 1 N–H and O–H groups in total. The normalized spacial score (nSPS) is 13.4. The van der Waals surface area contributed by atoms with E-state index in [-0.39, 0.29) is 5.91 Å². The molecule has 1 fully saturated rings. The van der Waals surface area contributed by atoms with Gasteiger partial charge in [0.2, 0.25) is 5.89 Å². The van der Waals surface area contributed by atoms with Crippen LogP contribution < -0.4 is 10.1 Å². The lowest BCUT2D eigenvalue weighted by molar-refractivity contribution is 0.0944. The van der Waals surface area contributed by atoms with E-state index in [1.54, 1.807) is 0 Å². The minimum Gasteiger partial charge on any atom is -0.494 e. The summed E-state index contributed by atoms with van der Waals surface area (Å²) >= 11 is 0. The topological polar surface area (TPSA) is 64.4 Å². The van der Waals surface area contributed by atoms with Crippen LogP contribution in [0.3, 0.4) is 0 Å². The van der Waals surface area contributed by atoms with Gasteiger partial charge in [0.15, 0.2) is 5.69 Å². The Balaban J connectivity index is 1.51. The first-order valence-electron chi connectivity index (χ1n) is 9.30. The molecule has 2 aromatic carbocycles. The second-order valence-electron chi connectivity index (χ2n) is 6.64. The Morgan fingerprint density at radius 1 is 1.19 bits per heavy atom. The number of carbonyl (C=O) groups is 1. The van der Waals surface area contributed by atoms with E-state index in [9.17, 15) is 4.79 Å². The van der Waals surface area contributed by atoms with E-state index >= 15 is 0 Å². The van der Waals surface area contributed by atoms with Gasteiger partial charge in [-0.15, -0.1) is 0 Å². The highest BCUT2D eigenvalue weighted by atomic mass is 16.5. The van der Waals surface area contributed by atoms with Crippen LogP contribution in [0.15, 0.2) is 59.0 Å². The fraction of sp³-hybridized carbons (Fsp3) is 0.273. The number of benzene rings is 2. The molecule has 0 spiro atoms. The molecule has 1 aliphatic rings. The molecule has 3 aromatic rings. The van der Waals surface area contributed by atoms with Crippen LogP contribution in [0.25, 0.3) is 11.5 Å². The average Bonchev–Trinajstić information content (AvgIpc) is 3.45. The number of hydrogen-bond acceptors (Lipinski definition) is 4. The van der Waals surface area contributed by atoms with E-state index in [0.29, 0.717) is 36.4 Å². The first kappa shape index (κ1) is 17.3. The van der Waals surface area contributed by atoms with Crippen molar-refractivity contribution < 1.29 is 13.9 Å². The number of ether oxygens (including phenoxy) is 1. The van der Waals surface area contributed by atoms with Gasteiger partial charge >= 0.3 is 0 Å². The molecule has 1 saturated carbocycles. The number of nitrogens with one attached hydrogen (secondary N) is 1. The van der Waals surface area contributed by atoms with Gasteiger partial charge in [-0.2, -0.15) is 0 Å². The van der Waals surface area contributed by atoms with Gasteiger partial charge in [-0.05, 0) is 49.6 Å². The molecule has 0 aliphatic heterocycles. The van der Waals surface area contributed by atoms with Gasteiger partial charge in [-0.3, -0.25) is 4.79 Å². The lowest BCUT2D eigenvalue weighted by Gasteiger charge is -2.07. The van der Waals surface area contributed by atoms with E-state index in [1.165, 1.54) is 0 Å². The Labute approximate surface area is 158 Å². The highest BCUT2D eigenvalue weighted by Crippen LogP contribution is 2.43. The van der Waals surface area contributed by atoms with Crippen LogP contribution in [0.4, 0.5) is 0 Å². The molecule has 1 aliphatic carbocycles. The van der Waals surface area contributed by atoms with Crippen LogP contribution >= 0.6 is 0 Å². The molecule has 4 rings (SSSR count). The van der Waals surface area contributed by atoms with Crippen LogP contribution in [0, 0.1) is 0 Å². The molecule has 0 bridgehead atoms. The standard InChI is InChI=1S/C22H22N2O3/c1-2-26-18-10-6-7-15(13-18)14-23-21(25)19-20(16-11-12-16)27-22(24-19)17-8-4-3-5-9-17/h3-10,13,16H,2,11-12,14H2,1H3,(H,23,25). The molecular formula is C22H22N2O3. The maximum Gasteiger partial charge on any atom is 0.273 e. The summed E-state index contributed by atoms with van der Waals surface area (Å²) in [4.78, 5) is 17.3. The van der Waals surface area contributed by atoms with Crippen LogP contribution in [0.1, 0.15) is 47.5 Å². The predicted molar refractivity (Wildman–Crippen MR) is 103 cm³/mol. The van der Waals surface area contributed by atoms with E-state index in [4.69, 9.17) is 9.15 Å². The minimum atomic E-state index is -0.204. The van der Waals surface area contributed by atoms with Crippen molar-refractivity contribution in [1.82, 2.24) is 10.3 Å². The Bertz CT molecular complexity index is 930. The van der Waals surface area contributed by atoms with E-state index in [0.717, 1.165) is 29.7 Å². The molecule has 138 valence electrons. The highest BCUT2D eigenvalue weighted by molar-refractivity contribution is 5.94. The molecule has 5 nitrogen and oxygen atoms in total. The van der Waals surface area contributed by atoms with Crippen molar-refractivity contribution in [1.29, 1.82) is 0 Å². The number of amides is 1. The monoisotopic (exact) mass is 362 g/mol. The Hall–Kier alpha value is -3.08. The molecule has 0 unspecified atom stereocenters. The molecule has 0 saturated heterocycles. The number of carbonyl (C=O) groups excluding carboxylic acids is 1. The second kappa shape index (κ2) is 7.66. The third-order valence-corrected chi connectivity index (χ3v) is 4.50. The van der Waals surface area contributed by atoms with Crippen molar-refractivity contribution in [2.45, 2.75) is 32.2 Å². The highest BCUT2D eigenvalue weighted by Gasteiger charge is 2.34. The van der Waals surface area contributed by atoms with Crippen molar-refractivity contribution in [2.75, 3.05) is 6.61 Å². The summed E-state index contributed by atoms with van der Waals surface area (Å²) in [7, 11) is 0. The summed E-state index contributed by atoms with van der Waals surface area (Å²) in [6.45, 7) is 2.97. The van der Waals surface area contributed by atoms with Gasteiger partial charge in [0.1, 0.15) is 11.5 Å². The molecule has 5 heteroatoms. The van der Waals surface area contributed by atoms with Gasteiger partial charge in [0.05, 0.1) is 6.61 Å².